The molecule has 0 saturated carbocycles. The molecule has 0 atom stereocenters. The van der Waals surface area contributed by atoms with Crippen LogP contribution in [0.5, 0.6) is 0 Å². The Morgan fingerprint density at radius 2 is 1.79 bits per heavy atom. The molecular formula is C11H21NO2. The minimum Gasteiger partial charge on any atom is -0.381 e. The average molecular weight is 199 g/mol. The van der Waals surface area contributed by atoms with E-state index in [1.807, 2.05) is 25.7 Å². The van der Waals surface area contributed by atoms with Gasteiger partial charge in [0.2, 0.25) is 5.91 Å². The Bertz CT molecular complexity index is 200. The lowest BCUT2D eigenvalue weighted by Gasteiger charge is -2.35. The fourth-order valence-electron chi connectivity index (χ4n) is 1.77. The van der Waals surface area contributed by atoms with E-state index in [2.05, 4.69) is 0 Å². The fraction of sp³-hybridized carbons (Fsp3) is 0.909. The standard InChI is InChI=1S/C11H21NO2/c1-11(2,3)10(13)12-7-5-9(14-4)6-8-12/h9H,5-8H2,1-4H3. The van der Waals surface area contributed by atoms with Crippen molar-refractivity contribution in [3.63, 3.8) is 0 Å². The van der Waals surface area contributed by atoms with Crippen LogP contribution < -0.4 is 0 Å². The molecule has 0 aromatic carbocycles. The van der Waals surface area contributed by atoms with Crippen molar-refractivity contribution in [2.75, 3.05) is 20.2 Å². The van der Waals surface area contributed by atoms with E-state index < -0.39 is 0 Å². The highest BCUT2D eigenvalue weighted by Gasteiger charge is 2.30. The third kappa shape index (κ3) is 2.71. The molecule has 1 aliphatic heterocycles. The van der Waals surface area contributed by atoms with Crippen LogP contribution in [-0.2, 0) is 9.53 Å². The first-order valence-electron chi connectivity index (χ1n) is 5.27. The van der Waals surface area contributed by atoms with Gasteiger partial charge in [0.15, 0.2) is 0 Å². The molecule has 0 unspecified atom stereocenters. The van der Waals surface area contributed by atoms with Gasteiger partial charge in [-0.15, -0.1) is 0 Å². The molecule has 1 aliphatic rings. The maximum Gasteiger partial charge on any atom is 0.227 e. The Labute approximate surface area is 86.4 Å². The predicted molar refractivity (Wildman–Crippen MR) is 56.1 cm³/mol. The van der Waals surface area contributed by atoms with Crippen LogP contribution in [-0.4, -0.2) is 37.1 Å². The second-order valence-electron chi connectivity index (χ2n) is 4.98. The van der Waals surface area contributed by atoms with Crippen LogP contribution in [0.1, 0.15) is 33.6 Å². The summed E-state index contributed by atoms with van der Waals surface area (Å²) in [5.41, 5.74) is -0.250. The quantitative estimate of drug-likeness (QED) is 0.643. The lowest BCUT2D eigenvalue weighted by Crippen LogP contribution is -2.45. The number of carbonyl (C=O) groups is 1. The normalized spacial score (nSPS) is 19.9. The van der Waals surface area contributed by atoms with E-state index in [0.29, 0.717) is 6.10 Å². The zero-order chi connectivity index (χ0) is 10.8. The number of carbonyl (C=O) groups excluding carboxylic acids is 1. The van der Waals surface area contributed by atoms with E-state index in [9.17, 15) is 4.79 Å². The number of methoxy groups -OCH3 is 1. The molecule has 0 bridgehead atoms. The van der Waals surface area contributed by atoms with Crippen LogP contribution in [0.3, 0.4) is 0 Å². The number of amides is 1. The van der Waals surface area contributed by atoms with Crippen LogP contribution in [0.2, 0.25) is 0 Å². The van der Waals surface area contributed by atoms with E-state index in [1.54, 1.807) is 7.11 Å². The predicted octanol–water partition coefficient (Wildman–Crippen LogP) is 1.67. The molecule has 82 valence electrons. The zero-order valence-electron chi connectivity index (χ0n) is 9.67. The molecule has 0 aliphatic carbocycles. The van der Waals surface area contributed by atoms with Crippen molar-refractivity contribution < 1.29 is 9.53 Å². The van der Waals surface area contributed by atoms with Crippen molar-refractivity contribution in [2.24, 2.45) is 5.41 Å². The summed E-state index contributed by atoms with van der Waals surface area (Å²) in [4.78, 5) is 13.9. The first-order chi connectivity index (χ1) is 6.45. The fourth-order valence-corrected chi connectivity index (χ4v) is 1.77. The lowest BCUT2D eigenvalue weighted by atomic mass is 9.93. The number of nitrogens with zero attached hydrogens (tertiary/aromatic N) is 1. The molecular weight excluding hydrogens is 178 g/mol. The number of ether oxygens (including phenoxy) is 1. The van der Waals surface area contributed by atoms with Gasteiger partial charge >= 0.3 is 0 Å². The van der Waals surface area contributed by atoms with E-state index in [4.69, 9.17) is 4.74 Å². The van der Waals surface area contributed by atoms with Crippen LogP contribution in [0, 0.1) is 5.41 Å². The number of likely N-dealkylation sites (tertiary alicyclic amines) is 1. The minimum absolute atomic E-state index is 0.250. The van der Waals surface area contributed by atoms with Gasteiger partial charge in [0, 0.05) is 25.6 Å². The Kier molecular flexibility index (Phi) is 3.53. The van der Waals surface area contributed by atoms with E-state index in [0.717, 1.165) is 25.9 Å². The minimum atomic E-state index is -0.250. The molecule has 1 rings (SSSR count). The van der Waals surface area contributed by atoms with Crippen molar-refractivity contribution in [3.8, 4) is 0 Å². The molecule has 0 radical (unpaired) electrons. The molecule has 0 N–H and O–H groups in total. The van der Waals surface area contributed by atoms with Crippen molar-refractivity contribution >= 4 is 5.91 Å². The van der Waals surface area contributed by atoms with Gasteiger partial charge in [-0.25, -0.2) is 0 Å². The smallest absolute Gasteiger partial charge is 0.227 e. The second-order valence-corrected chi connectivity index (χ2v) is 4.98. The molecule has 1 fully saturated rings. The van der Waals surface area contributed by atoms with Gasteiger partial charge in [0.25, 0.3) is 0 Å². The topological polar surface area (TPSA) is 29.5 Å². The Balaban J connectivity index is 2.46. The molecule has 3 heteroatoms. The molecule has 1 amide bonds. The summed E-state index contributed by atoms with van der Waals surface area (Å²) in [6, 6.07) is 0. The van der Waals surface area contributed by atoms with Crippen LogP contribution >= 0.6 is 0 Å². The van der Waals surface area contributed by atoms with Crippen molar-refractivity contribution in [1.82, 2.24) is 4.90 Å². The van der Waals surface area contributed by atoms with Gasteiger partial charge in [-0.2, -0.15) is 0 Å². The molecule has 0 spiro atoms. The summed E-state index contributed by atoms with van der Waals surface area (Å²) in [5.74, 6) is 0.257. The lowest BCUT2D eigenvalue weighted by molar-refractivity contribution is -0.141. The Hall–Kier alpha value is -0.570. The number of hydrogen-bond donors (Lipinski definition) is 0. The molecule has 0 aromatic rings. The largest absolute Gasteiger partial charge is 0.381 e. The highest BCUT2D eigenvalue weighted by Crippen LogP contribution is 2.21. The Morgan fingerprint density at radius 1 is 1.29 bits per heavy atom. The average Bonchev–Trinajstić information content (AvgIpc) is 2.15. The van der Waals surface area contributed by atoms with Crippen molar-refractivity contribution in [1.29, 1.82) is 0 Å². The van der Waals surface area contributed by atoms with E-state index in [1.165, 1.54) is 0 Å². The van der Waals surface area contributed by atoms with Crippen LogP contribution in [0.25, 0.3) is 0 Å². The molecule has 14 heavy (non-hydrogen) atoms. The van der Waals surface area contributed by atoms with Gasteiger partial charge in [-0.3, -0.25) is 4.79 Å². The van der Waals surface area contributed by atoms with Crippen molar-refractivity contribution in [2.45, 2.75) is 39.7 Å². The zero-order valence-corrected chi connectivity index (χ0v) is 9.67. The highest BCUT2D eigenvalue weighted by molar-refractivity contribution is 5.81. The van der Waals surface area contributed by atoms with Gasteiger partial charge in [0.1, 0.15) is 0 Å². The maximum atomic E-state index is 11.9. The van der Waals surface area contributed by atoms with Gasteiger partial charge < -0.3 is 9.64 Å². The summed E-state index contributed by atoms with van der Waals surface area (Å²) in [6.07, 6.45) is 2.29. The Morgan fingerprint density at radius 3 is 2.14 bits per heavy atom. The number of rotatable bonds is 1. The summed E-state index contributed by atoms with van der Waals surface area (Å²) in [7, 11) is 1.74. The van der Waals surface area contributed by atoms with E-state index in [-0.39, 0.29) is 11.3 Å². The molecule has 0 aromatic heterocycles. The monoisotopic (exact) mass is 199 g/mol. The van der Waals surface area contributed by atoms with Crippen LogP contribution in [0.15, 0.2) is 0 Å². The summed E-state index contributed by atoms with van der Waals surface area (Å²) >= 11 is 0. The first-order valence-corrected chi connectivity index (χ1v) is 5.27. The van der Waals surface area contributed by atoms with E-state index >= 15 is 0 Å². The summed E-state index contributed by atoms with van der Waals surface area (Å²) in [5, 5.41) is 0. The van der Waals surface area contributed by atoms with Crippen LogP contribution in [0.4, 0.5) is 0 Å². The molecule has 1 saturated heterocycles. The third-order valence-corrected chi connectivity index (χ3v) is 2.70. The molecule has 3 nitrogen and oxygen atoms in total. The number of piperidine rings is 1. The first kappa shape index (κ1) is 11.5. The number of hydrogen-bond acceptors (Lipinski definition) is 2. The van der Waals surface area contributed by atoms with Crippen molar-refractivity contribution in [3.05, 3.63) is 0 Å². The SMILES string of the molecule is COC1CCN(C(=O)C(C)(C)C)CC1. The molecule has 1 heterocycles. The third-order valence-electron chi connectivity index (χ3n) is 2.70. The second kappa shape index (κ2) is 4.30. The summed E-state index contributed by atoms with van der Waals surface area (Å²) < 4.78 is 5.27. The maximum absolute atomic E-state index is 11.9. The van der Waals surface area contributed by atoms with Gasteiger partial charge in [0.05, 0.1) is 6.10 Å². The summed E-state index contributed by atoms with van der Waals surface area (Å²) in [6.45, 7) is 7.59. The van der Waals surface area contributed by atoms with Gasteiger partial charge in [-0.05, 0) is 12.8 Å². The van der Waals surface area contributed by atoms with Gasteiger partial charge in [-0.1, -0.05) is 20.8 Å². The highest BCUT2D eigenvalue weighted by atomic mass is 16.5.